The molecule has 0 N–H and O–H groups in total. The minimum atomic E-state index is -3.65. The van der Waals surface area contributed by atoms with E-state index in [4.69, 9.17) is 9.47 Å². The predicted octanol–water partition coefficient (Wildman–Crippen LogP) is 4.58. The van der Waals surface area contributed by atoms with Gasteiger partial charge in [-0.1, -0.05) is 32.0 Å². The van der Waals surface area contributed by atoms with Gasteiger partial charge in [-0.2, -0.15) is 4.31 Å². The average molecular weight is 447 g/mol. The summed E-state index contributed by atoms with van der Waals surface area (Å²) in [6.07, 6.45) is 0. The molecule has 0 saturated heterocycles. The highest BCUT2D eigenvalue weighted by Crippen LogP contribution is 2.23. The van der Waals surface area contributed by atoms with E-state index in [2.05, 4.69) is 4.98 Å². The van der Waals surface area contributed by atoms with Gasteiger partial charge in [0.2, 0.25) is 10.0 Å². The molecule has 0 atom stereocenters. The molecule has 0 radical (unpaired) electrons. The third-order valence-electron chi connectivity index (χ3n) is 4.31. The number of para-hydroxylation sites is 1. The Balaban J connectivity index is 1.73. The average Bonchev–Trinajstić information content (AvgIpc) is 3.19. The summed E-state index contributed by atoms with van der Waals surface area (Å²) in [5.74, 6) is 1.57. The molecule has 0 fully saturated rings. The van der Waals surface area contributed by atoms with E-state index < -0.39 is 10.0 Å². The van der Waals surface area contributed by atoms with Crippen molar-refractivity contribution in [1.29, 1.82) is 0 Å². The van der Waals surface area contributed by atoms with Crippen LogP contribution in [0.4, 0.5) is 0 Å². The van der Waals surface area contributed by atoms with Crippen LogP contribution in [0.1, 0.15) is 24.5 Å². The van der Waals surface area contributed by atoms with Crippen LogP contribution in [0, 0.1) is 5.92 Å². The van der Waals surface area contributed by atoms with E-state index in [-0.39, 0.29) is 17.4 Å². The quantitative estimate of drug-likeness (QED) is 0.456. The van der Waals surface area contributed by atoms with Gasteiger partial charge in [-0.05, 0) is 42.3 Å². The molecular weight excluding hydrogens is 420 g/mol. The number of sulfonamides is 1. The van der Waals surface area contributed by atoms with Gasteiger partial charge in [0.05, 0.1) is 24.2 Å². The van der Waals surface area contributed by atoms with Crippen molar-refractivity contribution in [3.8, 4) is 11.5 Å². The van der Waals surface area contributed by atoms with E-state index in [0.717, 1.165) is 10.8 Å². The van der Waals surface area contributed by atoms with Crippen LogP contribution in [0.25, 0.3) is 0 Å². The molecule has 0 aliphatic heterocycles. The van der Waals surface area contributed by atoms with Gasteiger partial charge in [0.25, 0.3) is 0 Å². The van der Waals surface area contributed by atoms with Crippen molar-refractivity contribution >= 4 is 21.4 Å². The number of hydrogen-bond donors (Lipinski definition) is 0. The van der Waals surface area contributed by atoms with Crippen molar-refractivity contribution in [3.63, 3.8) is 0 Å². The molecule has 1 heterocycles. The molecule has 8 heteroatoms. The van der Waals surface area contributed by atoms with Crippen LogP contribution in [0.3, 0.4) is 0 Å². The van der Waals surface area contributed by atoms with Gasteiger partial charge in [0.15, 0.2) is 0 Å². The monoisotopic (exact) mass is 446 g/mol. The molecule has 0 bridgehead atoms. The maximum atomic E-state index is 13.2. The van der Waals surface area contributed by atoms with E-state index in [1.54, 1.807) is 31.4 Å². The lowest BCUT2D eigenvalue weighted by atomic mass is 10.2. The third-order valence-corrected chi connectivity index (χ3v) is 7.01. The molecule has 6 nitrogen and oxygen atoms in total. The molecule has 3 rings (SSSR count). The third kappa shape index (κ3) is 5.81. The summed E-state index contributed by atoms with van der Waals surface area (Å²) in [7, 11) is -2.10. The van der Waals surface area contributed by atoms with Crippen LogP contribution in [-0.2, 0) is 23.2 Å². The first-order valence-corrected chi connectivity index (χ1v) is 12.0. The Morgan fingerprint density at radius 3 is 2.37 bits per heavy atom. The van der Waals surface area contributed by atoms with Crippen LogP contribution in [0.2, 0.25) is 0 Å². The van der Waals surface area contributed by atoms with Crippen LogP contribution in [0.5, 0.6) is 11.5 Å². The minimum Gasteiger partial charge on any atom is -0.497 e. The van der Waals surface area contributed by atoms with Crippen molar-refractivity contribution in [1.82, 2.24) is 9.29 Å². The fourth-order valence-electron chi connectivity index (χ4n) is 2.88. The second-order valence-corrected chi connectivity index (χ2v) is 10.1. The van der Waals surface area contributed by atoms with Crippen LogP contribution in [-0.4, -0.2) is 31.4 Å². The second-order valence-electron chi connectivity index (χ2n) is 7.20. The summed E-state index contributed by atoms with van der Waals surface area (Å²) in [6.45, 7) is 4.97. The zero-order valence-corrected chi connectivity index (χ0v) is 18.9. The number of nitrogens with zero attached hydrogens (tertiary/aromatic N) is 2. The zero-order valence-electron chi connectivity index (χ0n) is 17.3. The highest BCUT2D eigenvalue weighted by atomic mass is 32.2. The molecule has 30 heavy (non-hydrogen) atoms. The van der Waals surface area contributed by atoms with Crippen molar-refractivity contribution < 1.29 is 17.9 Å². The van der Waals surface area contributed by atoms with Crippen molar-refractivity contribution in [2.75, 3.05) is 13.7 Å². The number of thiazole rings is 1. The molecule has 0 amide bonds. The minimum absolute atomic E-state index is 0.178. The van der Waals surface area contributed by atoms with E-state index in [9.17, 15) is 8.42 Å². The first-order valence-electron chi connectivity index (χ1n) is 9.64. The van der Waals surface area contributed by atoms with Crippen LogP contribution >= 0.6 is 11.3 Å². The molecule has 0 aliphatic rings. The Kier molecular flexibility index (Phi) is 7.47. The number of hydrogen-bond acceptors (Lipinski definition) is 6. The van der Waals surface area contributed by atoms with Gasteiger partial charge >= 0.3 is 0 Å². The van der Waals surface area contributed by atoms with Crippen molar-refractivity contribution in [3.05, 3.63) is 70.7 Å². The summed E-state index contributed by atoms with van der Waals surface area (Å²) < 4.78 is 38.8. The highest BCUT2D eigenvalue weighted by molar-refractivity contribution is 7.89. The van der Waals surface area contributed by atoms with Gasteiger partial charge in [-0.3, -0.25) is 0 Å². The van der Waals surface area contributed by atoms with Crippen molar-refractivity contribution in [2.45, 2.75) is 31.9 Å². The first kappa shape index (κ1) is 22.3. The lowest BCUT2D eigenvalue weighted by Crippen LogP contribution is -2.34. The predicted molar refractivity (Wildman–Crippen MR) is 118 cm³/mol. The number of methoxy groups -OCH3 is 1. The fraction of sp³-hybridized carbons (Fsp3) is 0.318. The van der Waals surface area contributed by atoms with E-state index in [1.165, 1.54) is 15.6 Å². The Bertz CT molecular complexity index is 1030. The van der Waals surface area contributed by atoms with Crippen LogP contribution < -0.4 is 9.47 Å². The van der Waals surface area contributed by atoms with Crippen LogP contribution in [0.15, 0.2) is 64.9 Å². The molecule has 2 aromatic carbocycles. The standard InChI is InChI=1S/C22H26N2O4S2/c1-17(2)13-24(30(25,26)21-11-9-19(27-3)10-12-21)14-18-16-29-22(23-18)15-28-20-7-5-4-6-8-20/h4-12,16-17H,13-15H2,1-3H3. The Morgan fingerprint density at radius 2 is 1.73 bits per heavy atom. The lowest BCUT2D eigenvalue weighted by molar-refractivity contribution is 0.304. The molecular formula is C22H26N2O4S2. The molecule has 1 aromatic heterocycles. The maximum Gasteiger partial charge on any atom is 0.243 e. The lowest BCUT2D eigenvalue weighted by Gasteiger charge is -2.23. The molecule has 0 aliphatic carbocycles. The van der Waals surface area contributed by atoms with Crippen molar-refractivity contribution in [2.24, 2.45) is 5.92 Å². The summed E-state index contributed by atoms with van der Waals surface area (Å²) >= 11 is 1.47. The maximum absolute atomic E-state index is 13.2. The SMILES string of the molecule is COc1ccc(S(=O)(=O)N(Cc2csc(COc3ccccc3)n2)CC(C)C)cc1. The van der Waals surface area contributed by atoms with E-state index in [1.807, 2.05) is 49.6 Å². The second kappa shape index (κ2) is 10.1. The Hall–Kier alpha value is -2.42. The Labute approximate surface area is 182 Å². The van der Waals surface area contributed by atoms with Gasteiger partial charge < -0.3 is 9.47 Å². The molecule has 160 valence electrons. The first-order chi connectivity index (χ1) is 14.4. The summed E-state index contributed by atoms with van der Waals surface area (Å²) in [6, 6.07) is 16.0. The summed E-state index contributed by atoms with van der Waals surface area (Å²) in [4.78, 5) is 4.82. The van der Waals surface area contributed by atoms with E-state index >= 15 is 0 Å². The summed E-state index contributed by atoms with van der Waals surface area (Å²) in [5.41, 5.74) is 0.712. The number of ether oxygens (including phenoxy) is 2. The highest BCUT2D eigenvalue weighted by Gasteiger charge is 2.26. The Morgan fingerprint density at radius 1 is 1.03 bits per heavy atom. The van der Waals surface area contributed by atoms with Gasteiger partial charge in [0.1, 0.15) is 23.1 Å². The van der Waals surface area contributed by atoms with Gasteiger partial charge in [-0.25, -0.2) is 13.4 Å². The topological polar surface area (TPSA) is 68.7 Å². The van der Waals surface area contributed by atoms with Gasteiger partial charge in [-0.15, -0.1) is 11.3 Å². The normalized spacial score (nSPS) is 11.8. The summed E-state index contributed by atoms with van der Waals surface area (Å²) in [5, 5.41) is 2.70. The molecule has 3 aromatic rings. The largest absolute Gasteiger partial charge is 0.497 e. The smallest absolute Gasteiger partial charge is 0.243 e. The fourth-order valence-corrected chi connectivity index (χ4v) is 5.15. The number of aromatic nitrogens is 1. The van der Waals surface area contributed by atoms with E-state index in [0.29, 0.717) is 24.6 Å². The number of rotatable bonds is 10. The molecule has 0 saturated carbocycles. The van der Waals surface area contributed by atoms with Gasteiger partial charge in [0, 0.05) is 11.9 Å². The molecule has 0 unspecified atom stereocenters. The zero-order chi connectivity index (χ0) is 21.6. The molecule has 0 spiro atoms. The number of benzene rings is 2.